The minimum atomic E-state index is -3.08. The van der Waals surface area contributed by atoms with Crippen LogP contribution in [0.5, 0.6) is 0 Å². The van der Waals surface area contributed by atoms with Gasteiger partial charge in [0.25, 0.3) is 5.91 Å². The molecule has 0 radical (unpaired) electrons. The van der Waals surface area contributed by atoms with Crippen molar-refractivity contribution in [2.45, 2.75) is 12.5 Å². The molecule has 1 fully saturated rings. The summed E-state index contributed by atoms with van der Waals surface area (Å²) in [5.74, 6) is -0.509. The topological polar surface area (TPSA) is 92.3 Å². The van der Waals surface area contributed by atoms with E-state index in [-0.39, 0.29) is 28.3 Å². The molecular weight excluding hydrogens is 383 g/mol. The van der Waals surface area contributed by atoms with Gasteiger partial charge in [0.05, 0.1) is 28.9 Å². The molecule has 138 valence electrons. The number of sulfone groups is 1. The number of nitrogens with zero attached hydrogens (tertiary/aromatic N) is 3. The van der Waals surface area contributed by atoms with E-state index in [4.69, 9.17) is 11.6 Å². The highest BCUT2D eigenvalue weighted by Crippen LogP contribution is 2.22. The van der Waals surface area contributed by atoms with Crippen molar-refractivity contribution >= 4 is 38.9 Å². The fourth-order valence-corrected chi connectivity index (χ4v) is 4.61. The first-order valence-corrected chi connectivity index (χ1v) is 9.97. The molecule has 1 atom stereocenters. The zero-order valence-corrected chi connectivity index (χ0v) is 15.4. The van der Waals surface area contributed by atoms with Crippen LogP contribution in [0.4, 0.5) is 15.9 Å². The highest BCUT2D eigenvalue weighted by molar-refractivity contribution is 7.91. The molecule has 1 aromatic carbocycles. The first-order valence-electron chi connectivity index (χ1n) is 7.77. The Morgan fingerprint density at radius 3 is 2.69 bits per heavy atom. The molecule has 2 heterocycles. The number of benzene rings is 1. The predicted octanol–water partition coefficient (Wildman–Crippen LogP) is 2.27. The van der Waals surface area contributed by atoms with Crippen LogP contribution in [-0.4, -0.2) is 53.8 Å². The van der Waals surface area contributed by atoms with Gasteiger partial charge in [-0.05, 0) is 24.6 Å². The second-order valence-corrected chi connectivity index (χ2v) is 8.65. The van der Waals surface area contributed by atoms with Gasteiger partial charge >= 0.3 is 0 Å². The first kappa shape index (κ1) is 18.5. The Morgan fingerprint density at radius 2 is 2.12 bits per heavy atom. The number of amides is 1. The van der Waals surface area contributed by atoms with Crippen LogP contribution in [0.25, 0.3) is 0 Å². The number of anilines is 2. The average Bonchev–Trinajstić information content (AvgIpc) is 2.97. The van der Waals surface area contributed by atoms with Gasteiger partial charge in [-0.3, -0.25) is 4.79 Å². The second kappa shape index (κ2) is 7.16. The number of carbonyl (C=O) groups is 1. The van der Waals surface area contributed by atoms with Crippen molar-refractivity contribution in [3.05, 3.63) is 47.1 Å². The lowest BCUT2D eigenvalue weighted by molar-refractivity contribution is 0.0741. The van der Waals surface area contributed by atoms with Crippen molar-refractivity contribution in [3.8, 4) is 0 Å². The van der Waals surface area contributed by atoms with Crippen LogP contribution in [0.1, 0.15) is 16.9 Å². The van der Waals surface area contributed by atoms with Gasteiger partial charge in [-0.25, -0.2) is 22.8 Å². The molecule has 1 amide bonds. The van der Waals surface area contributed by atoms with E-state index in [0.717, 1.165) is 0 Å². The Labute approximate surface area is 155 Å². The number of halogens is 2. The number of carbonyl (C=O) groups excluding carboxylic acids is 1. The molecule has 0 bridgehead atoms. The van der Waals surface area contributed by atoms with E-state index in [9.17, 15) is 17.6 Å². The van der Waals surface area contributed by atoms with Gasteiger partial charge in [-0.1, -0.05) is 11.6 Å². The Kier molecular flexibility index (Phi) is 5.10. The highest BCUT2D eigenvalue weighted by Gasteiger charge is 2.33. The van der Waals surface area contributed by atoms with Gasteiger partial charge in [-0.15, -0.1) is 0 Å². The third-order valence-corrected chi connectivity index (χ3v) is 6.18. The molecule has 0 spiro atoms. The quantitative estimate of drug-likeness (QED) is 0.849. The lowest BCUT2D eigenvalue weighted by Gasteiger charge is -2.22. The van der Waals surface area contributed by atoms with Crippen LogP contribution in [0.15, 0.2) is 30.6 Å². The summed E-state index contributed by atoms with van der Waals surface area (Å²) in [6.45, 7) is 0. The summed E-state index contributed by atoms with van der Waals surface area (Å²) in [4.78, 5) is 22.0. The first-order chi connectivity index (χ1) is 12.2. The maximum Gasteiger partial charge on any atom is 0.274 e. The van der Waals surface area contributed by atoms with Crippen LogP contribution in [0.2, 0.25) is 5.02 Å². The number of hydrogen-bond donors (Lipinski definition) is 1. The normalized spacial score (nSPS) is 18.5. The van der Waals surface area contributed by atoms with Gasteiger partial charge in [0, 0.05) is 18.8 Å². The third-order valence-electron chi connectivity index (χ3n) is 4.14. The molecule has 0 aliphatic carbocycles. The van der Waals surface area contributed by atoms with Crippen LogP contribution < -0.4 is 5.32 Å². The zero-order chi connectivity index (χ0) is 18.9. The van der Waals surface area contributed by atoms with E-state index >= 15 is 0 Å². The van der Waals surface area contributed by atoms with Crippen molar-refractivity contribution in [3.63, 3.8) is 0 Å². The fourth-order valence-electron chi connectivity index (χ4n) is 2.65. The molecule has 1 aliphatic rings. The molecule has 1 unspecified atom stereocenters. The SMILES string of the molecule is CN(C(=O)c1cnc(Nc2ccc(F)c(Cl)c2)cn1)C1CCS(=O)(=O)C1. The summed E-state index contributed by atoms with van der Waals surface area (Å²) in [7, 11) is -1.52. The molecule has 10 heteroatoms. The minimum Gasteiger partial charge on any atom is -0.339 e. The van der Waals surface area contributed by atoms with Crippen molar-refractivity contribution < 1.29 is 17.6 Å². The Morgan fingerprint density at radius 1 is 1.35 bits per heavy atom. The summed E-state index contributed by atoms with van der Waals surface area (Å²) in [6.07, 6.45) is 3.09. The second-order valence-electron chi connectivity index (χ2n) is 6.01. The lowest BCUT2D eigenvalue weighted by atomic mass is 10.2. The molecular formula is C16H16ClFN4O3S. The maximum atomic E-state index is 13.2. The maximum absolute atomic E-state index is 13.2. The van der Waals surface area contributed by atoms with Crippen LogP contribution >= 0.6 is 11.6 Å². The monoisotopic (exact) mass is 398 g/mol. The van der Waals surface area contributed by atoms with Gasteiger partial charge in [0.2, 0.25) is 0 Å². The summed E-state index contributed by atoms with van der Waals surface area (Å²) in [5.41, 5.74) is 0.637. The summed E-state index contributed by atoms with van der Waals surface area (Å²) >= 11 is 5.72. The number of nitrogens with one attached hydrogen (secondary N) is 1. The van der Waals surface area contributed by atoms with E-state index < -0.39 is 21.6 Å². The van der Waals surface area contributed by atoms with Crippen LogP contribution in [0.3, 0.4) is 0 Å². The molecule has 1 aromatic heterocycles. The lowest BCUT2D eigenvalue weighted by Crippen LogP contribution is -2.38. The number of rotatable bonds is 4. The molecule has 2 aromatic rings. The Balaban J connectivity index is 1.68. The van der Waals surface area contributed by atoms with Crippen molar-refractivity contribution in [1.29, 1.82) is 0 Å². The molecule has 3 rings (SSSR count). The Bertz CT molecular complexity index is 937. The van der Waals surface area contributed by atoms with Crippen molar-refractivity contribution in [1.82, 2.24) is 14.9 Å². The molecule has 7 nitrogen and oxygen atoms in total. The largest absolute Gasteiger partial charge is 0.339 e. The van der Waals surface area contributed by atoms with E-state index in [0.29, 0.717) is 17.9 Å². The molecule has 1 N–H and O–H groups in total. The van der Waals surface area contributed by atoms with Gasteiger partial charge < -0.3 is 10.2 Å². The average molecular weight is 399 g/mol. The number of hydrogen-bond acceptors (Lipinski definition) is 6. The Hall–Kier alpha value is -2.26. The highest BCUT2D eigenvalue weighted by atomic mass is 35.5. The predicted molar refractivity (Wildman–Crippen MR) is 95.9 cm³/mol. The third kappa shape index (κ3) is 4.10. The van der Waals surface area contributed by atoms with Crippen LogP contribution in [-0.2, 0) is 9.84 Å². The number of aromatic nitrogens is 2. The van der Waals surface area contributed by atoms with E-state index in [1.807, 2.05) is 0 Å². The van der Waals surface area contributed by atoms with E-state index in [1.54, 1.807) is 7.05 Å². The van der Waals surface area contributed by atoms with Crippen molar-refractivity contribution in [2.24, 2.45) is 0 Å². The molecule has 0 saturated carbocycles. The summed E-state index contributed by atoms with van der Waals surface area (Å²) < 4.78 is 36.3. The minimum absolute atomic E-state index is 0.0251. The van der Waals surface area contributed by atoms with E-state index in [2.05, 4.69) is 15.3 Å². The van der Waals surface area contributed by atoms with Gasteiger partial charge in [0.15, 0.2) is 9.84 Å². The van der Waals surface area contributed by atoms with Gasteiger partial charge in [0.1, 0.15) is 17.3 Å². The molecule has 1 aliphatic heterocycles. The fraction of sp³-hybridized carbons (Fsp3) is 0.312. The smallest absolute Gasteiger partial charge is 0.274 e. The van der Waals surface area contributed by atoms with Crippen LogP contribution in [0, 0.1) is 5.82 Å². The van der Waals surface area contributed by atoms with Crippen molar-refractivity contribution in [2.75, 3.05) is 23.9 Å². The summed E-state index contributed by atoms with van der Waals surface area (Å²) in [6, 6.07) is 3.77. The molecule has 1 saturated heterocycles. The zero-order valence-electron chi connectivity index (χ0n) is 13.8. The van der Waals surface area contributed by atoms with Gasteiger partial charge in [-0.2, -0.15) is 0 Å². The van der Waals surface area contributed by atoms with E-state index in [1.165, 1.54) is 35.5 Å². The standard InChI is InChI=1S/C16H16ClFN4O3S/c1-22(11-4-5-26(24,25)9-11)16(23)14-7-20-15(8-19-14)21-10-2-3-13(18)12(17)6-10/h2-3,6-8,11H,4-5,9H2,1H3,(H,20,21). The molecule has 26 heavy (non-hydrogen) atoms. The summed E-state index contributed by atoms with van der Waals surface area (Å²) in [5, 5.41) is 2.88.